The average molecular weight is 327 g/mol. The molecule has 0 saturated heterocycles. The zero-order valence-corrected chi connectivity index (χ0v) is 13.3. The fraction of sp³-hybridized carbons (Fsp3) is 0.235. The maximum absolute atomic E-state index is 12.5. The monoisotopic (exact) mass is 327 g/mol. The first kappa shape index (κ1) is 15.8. The molecule has 0 fully saturated rings. The van der Waals surface area contributed by atoms with Crippen LogP contribution in [-0.2, 0) is 9.53 Å². The Morgan fingerprint density at radius 3 is 2.79 bits per heavy atom. The van der Waals surface area contributed by atoms with Gasteiger partial charge in [0, 0.05) is 24.2 Å². The minimum atomic E-state index is -0.680. The molecule has 7 nitrogen and oxygen atoms in total. The standard InChI is InChI=1S/C17H17N3O4/c1-3-23-17(22)14-12(10-4-6-19-7-5-10)13-11(24-15(14)18)8-9(2)20-16(13)21/h4-8,12H,3,18H2,1-2H3,(H,20,21). The second-order valence-corrected chi connectivity index (χ2v) is 5.37. The smallest absolute Gasteiger partial charge is 0.340 e. The Balaban J connectivity index is 2.26. The normalized spacial score (nSPS) is 16.3. The Morgan fingerprint density at radius 2 is 2.12 bits per heavy atom. The number of pyridine rings is 2. The first-order chi connectivity index (χ1) is 11.5. The lowest BCUT2D eigenvalue weighted by molar-refractivity contribution is -0.139. The number of nitrogens with one attached hydrogen (secondary N) is 1. The molecule has 3 heterocycles. The van der Waals surface area contributed by atoms with Crippen LogP contribution in [-0.4, -0.2) is 22.5 Å². The van der Waals surface area contributed by atoms with E-state index in [-0.39, 0.29) is 23.6 Å². The molecule has 1 aliphatic rings. The van der Waals surface area contributed by atoms with Crippen molar-refractivity contribution in [2.75, 3.05) is 6.61 Å². The largest absolute Gasteiger partial charge is 0.462 e. The lowest BCUT2D eigenvalue weighted by Gasteiger charge is -2.27. The molecule has 24 heavy (non-hydrogen) atoms. The molecule has 1 atom stereocenters. The summed E-state index contributed by atoms with van der Waals surface area (Å²) in [6, 6.07) is 5.14. The lowest BCUT2D eigenvalue weighted by atomic mass is 9.84. The van der Waals surface area contributed by atoms with Crippen LogP contribution in [0.5, 0.6) is 5.75 Å². The number of nitrogens with two attached hydrogens (primary N) is 1. The molecule has 0 radical (unpaired) electrons. The SMILES string of the molecule is CCOC(=O)C1=C(N)Oc2cc(C)[nH]c(=O)c2C1c1ccncc1. The number of carbonyl (C=O) groups excluding carboxylic acids is 1. The number of hydrogen-bond acceptors (Lipinski definition) is 6. The molecule has 0 aromatic carbocycles. The Bertz CT molecular complexity index is 871. The van der Waals surface area contributed by atoms with Gasteiger partial charge in [-0.2, -0.15) is 0 Å². The number of carbonyl (C=O) groups is 1. The van der Waals surface area contributed by atoms with E-state index in [1.165, 1.54) is 0 Å². The van der Waals surface area contributed by atoms with Gasteiger partial charge in [-0.1, -0.05) is 0 Å². The molecule has 1 unspecified atom stereocenters. The summed E-state index contributed by atoms with van der Waals surface area (Å²) in [5, 5.41) is 0. The summed E-state index contributed by atoms with van der Waals surface area (Å²) in [4.78, 5) is 31.7. The van der Waals surface area contributed by atoms with Crippen molar-refractivity contribution in [1.82, 2.24) is 9.97 Å². The van der Waals surface area contributed by atoms with Crippen LogP contribution in [0.4, 0.5) is 0 Å². The van der Waals surface area contributed by atoms with Gasteiger partial charge in [-0.3, -0.25) is 9.78 Å². The number of nitrogens with zero attached hydrogens (tertiary/aromatic N) is 1. The summed E-state index contributed by atoms with van der Waals surface area (Å²) in [6.07, 6.45) is 3.18. The Morgan fingerprint density at radius 1 is 1.42 bits per heavy atom. The molecule has 2 aromatic heterocycles. The lowest BCUT2D eigenvalue weighted by Crippen LogP contribution is -2.32. The van der Waals surface area contributed by atoms with Gasteiger partial charge in [0.15, 0.2) is 0 Å². The van der Waals surface area contributed by atoms with Gasteiger partial charge in [0.05, 0.1) is 18.1 Å². The summed E-state index contributed by atoms with van der Waals surface area (Å²) in [5.41, 5.74) is 7.43. The van der Waals surface area contributed by atoms with Crippen molar-refractivity contribution in [3.63, 3.8) is 0 Å². The fourth-order valence-corrected chi connectivity index (χ4v) is 2.80. The van der Waals surface area contributed by atoms with Gasteiger partial charge in [-0.25, -0.2) is 4.79 Å². The number of fused-ring (bicyclic) bond motifs is 1. The number of aryl methyl sites for hydroxylation is 1. The highest BCUT2D eigenvalue weighted by molar-refractivity contribution is 5.92. The second-order valence-electron chi connectivity index (χ2n) is 5.37. The number of esters is 1. The van der Waals surface area contributed by atoms with Gasteiger partial charge in [0.2, 0.25) is 5.88 Å². The summed E-state index contributed by atoms with van der Waals surface area (Å²) < 4.78 is 10.6. The molecule has 0 aliphatic carbocycles. The summed E-state index contributed by atoms with van der Waals surface area (Å²) >= 11 is 0. The number of aromatic amines is 1. The molecule has 0 saturated carbocycles. The molecule has 7 heteroatoms. The van der Waals surface area contributed by atoms with Crippen molar-refractivity contribution >= 4 is 5.97 Å². The first-order valence-corrected chi connectivity index (χ1v) is 7.51. The molecule has 0 bridgehead atoms. The number of aromatic nitrogens is 2. The summed E-state index contributed by atoms with van der Waals surface area (Å²) in [6.45, 7) is 3.63. The minimum Gasteiger partial charge on any atom is -0.462 e. The molecule has 124 valence electrons. The third kappa shape index (κ3) is 2.64. The van der Waals surface area contributed by atoms with Gasteiger partial charge < -0.3 is 20.2 Å². The minimum absolute atomic E-state index is 0.0623. The maximum Gasteiger partial charge on any atom is 0.340 e. The van der Waals surface area contributed by atoms with Crippen molar-refractivity contribution in [2.45, 2.75) is 19.8 Å². The van der Waals surface area contributed by atoms with E-state index in [0.717, 1.165) is 0 Å². The van der Waals surface area contributed by atoms with Gasteiger partial charge in [-0.05, 0) is 31.5 Å². The van der Waals surface area contributed by atoms with E-state index in [1.807, 2.05) is 0 Å². The van der Waals surface area contributed by atoms with Crippen LogP contribution in [0.25, 0.3) is 0 Å². The predicted octanol–water partition coefficient (Wildman–Crippen LogP) is 1.34. The van der Waals surface area contributed by atoms with E-state index < -0.39 is 11.9 Å². The molecular weight excluding hydrogens is 310 g/mol. The average Bonchev–Trinajstić information content (AvgIpc) is 2.54. The van der Waals surface area contributed by atoms with Crippen molar-refractivity contribution in [2.24, 2.45) is 5.73 Å². The molecule has 1 aliphatic heterocycles. The third-order valence-corrected chi connectivity index (χ3v) is 3.77. The van der Waals surface area contributed by atoms with Crippen LogP contribution < -0.4 is 16.0 Å². The highest BCUT2D eigenvalue weighted by Gasteiger charge is 2.37. The van der Waals surface area contributed by atoms with Gasteiger partial charge in [0.25, 0.3) is 5.56 Å². The highest BCUT2D eigenvalue weighted by atomic mass is 16.5. The molecule has 2 aromatic rings. The van der Waals surface area contributed by atoms with E-state index >= 15 is 0 Å². The van der Waals surface area contributed by atoms with Gasteiger partial charge in [-0.15, -0.1) is 0 Å². The topological polar surface area (TPSA) is 107 Å². The number of rotatable bonds is 3. The van der Waals surface area contributed by atoms with Crippen molar-refractivity contribution < 1.29 is 14.3 Å². The van der Waals surface area contributed by atoms with Crippen LogP contribution in [0.2, 0.25) is 0 Å². The van der Waals surface area contributed by atoms with Gasteiger partial charge >= 0.3 is 5.97 Å². The molecule has 3 N–H and O–H groups in total. The van der Waals surface area contributed by atoms with Crippen LogP contribution >= 0.6 is 0 Å². The fourth-order valence-electron chi connectivity index (χ4n) is 2.80. The van der Waals surface area contributed by atoms with E-state index in [0.29, 0.717) is 22.6 Å². The number of H-pyrrole nitrogens is 1. The van der Waals surface area contributed by atoms with E-state index in [2.05, 4.69) is 9.97 Å². The molecule has 0 spiro atoms. The number of hydrogen-bond donors (Lipinski definition) is 2. The van der Waals surface area contributed by atoms with Crippen molar-refractivity contribution in [3.8, 4) is 5.75 Å². The zero-order chi connectivity index (χ0) is 17.3. The highest BCUT2D eigenvalue weighted by Crippen LogP contribution is 2.40. The molecule has 0 amide bonds. The quantitative estimate of drug-likeness (QED) is 0.824. The Hall–Kier alpha value is -3.09. The van der Waals surface area contributed by atoms with Crippen molar-refractivity contribution in [1.29, 1.82) is 0 Å². The van der Waals surface area contributed by atoms with Gasteiger partial charge in [0.1, 0.15) is 11.3 Å². The van der Waals surface area contributed by atoms with Crippen LogP contribution in [0, 0.1) is 6.92 Å². The first-order valence-electron chi connectivity index (χ1n) is 7.51. The van der Waals surface area contributed by atoms with E-state index in [1.54, 1.807) is 44.4 Å². The maximum atomic E-state index is 12.5. The Kier molecular flexibility index (Phi) is 4.07. The van der Waals surface area contributed by atoms with E-state index in [4.69, 9.17) is 15.2 Å². The second kappa shape index (κ2) is 6.19. The predicted molar refractivity (Wildman–Crippen MR) is 86.4 cm³/mol. The Labute approximate surface area is 138 Å². The van der Waals surface area contributed by atoms with Crippen molar-refractivity contribution in [3.05, 3.63) is 69.2 Å². The molecule has 3 rings (SSSR count). The van der Waals surface area contributed by atoms with Crippen LogP contribution in [0.3, 0.4) is 0 Å². The third-order valence-electron chi connectivity index (χ3n) is 3.77. The summed E-state index contributed by atoms with van der Waals surface area (Å²) in [7, 11) is 0. The summed E-state index contributed by atoms with van der Waals surface area (Å²) in [5.74, 6) is -1.01. The van der Waals surface area contributed by atoms with Crippen LogP contribution in [0.15, 0.2) is 46.8 Å². The number of ether oxygens (including phenoxy) is 2. The zero-order valence-electron chi connectivity index (χ0n) is 13.3. The van der Waals surface area contributed by atoms with Crippen LogP contribution in [0.1, 0.15) is 29.7 Å². The van der Waals surface area contributed by atoms with E-state index in [9.17, 15) is 9.59 Å². The molecular formula is C17H17N3O4.